The van der Waals surface area contributed by atoms with Gasteiger partial charge in [-0.2, -0.15) is 0 Å². The minimum absolute atomic E-state index is 0.335. The van der Waals surface area contributed by atoms with E-state index in [2.05, 4.69) is 19.2 Å². The van der Waals surface area contributed by atoms with Crippen molar-refractivity contribution in [3.8, 4) is 0 Å². The van der Waals surface area contributed by atoms with Crippen LogP contribution in [0.2, 0.25) is 0 Å². The lowest BCUT2D eigenvalue weighted by atomic mass is 9.93. The van der Waals surface area contributed by atoms with Gasteiger partial charge in [0.25, 0.3) is 5.91 Å². The lowest BCUT2D eigenvalue weighted by molar-refractivity contribution is -0.146. The summed E-state index contributed by atoms with van der Waals surface area (Å²) in [5.41, 5.74) is 0.626. The van der Waals surface area contributed by atoms with Crippen molar-refractivity contribution in [3.05, 3.63) is 35.4 Å². The topological polar surface area (TPSA) is 92.8 Å². The Balaban J connectivity index is 1.91. The van der Waals surface area contributed by atoms with Crippen LogP contribution in [0.15, 0.2) is 24.3 Å². The Morgan fingerprint density at radius 3 is 2.21 bits per heavy atom. The molecule has 28 heavy (non-hydrogen) atoms. The van der Waals surface area contributed by atoms with Gasteiger partial charge in [-0.15, -0.1) is 0 Å². The fourth-order valence-corrected chi connectivity index (χ4v) is 3.19. The first-order valence-electron chi connectivity index (χ1n) is 9.70. The van der Waals surface area contributed by atoms with Crippen LogP contribution >= 0.6 is 0 Å². The van der Waals surface area contributed by atoms with Gasteiger partial charge in [0.1, 0.15) is 12.1 Å². The second-order valence-electron chi connectivity index (χ2n) is 7.13. The normalized spacial score (nSPS) is 16.6. The lowest BCUT2D eigenvalue weighted by Crippen LogP contribution is -2.46. The van der Waals surface area contributed by atoms with E-state index in [4.69, 9.17) is 4.74 Å². The fraction of sp³-hybridized carbons (Fsp3) is 0.524. The third kappa shape index (κ3) is 4.40. The van der Waals surface area contributed by atoms with Crippen molar-refractivity contribution >= 4 is 23.7 Å². The first-order chi connectivity index (χ1) is 13.3. The van der Waals surface area contributed by atoms with Gasteiger partial charge in [-0.25, -0.2) is 4.79 Å². The molecule has 1 saturated heterocycles. The van der Waals surface area contributed by atoms with E-state index in [1.54, 1.807) is 26.0 Å². The summed E-state index contributed by atoms with van der Waals surface area (Å²) < 4.78 is 4.99. The van der Waals surface area contributed by atoms with Crippen molar-refractivity contribution in [2.75, 3.05) is 13.2 Å². The van der Waals surface area contributed by atoms with Crippen molar-refractivity contribution < 1.29 is 23.9 Å². The average molecular weight is 388 g/mol. The number of hydrogen-bond donors (Lipinski definition) is 1. The molecule has 0 saturated carbocycles. The van der Waals surface area contributed by atoms with E-state index in [0.717, 1.165) is 16.9 Å². The first-order valence-corrected chi connectivity index (χ1v) is 9.70. The van der Waals surface area contributed by atoms with Gasteiger partial charge in [-0.3, -0.25) is 19.3 Å². The molecular weight excluding hydrogens is 360 g/mol. The van der Waals surface area contributed by atoms with E-state index < -0.39 is 36.6 Å². The van der Waals surface area contributed by atoms with Crippen LogP contribution < -0.4 is 5.32 Å². The minimum atomic E-state index is -0.968. The zero-order valence-corrected chi connectivity index (χ0v) is 16.9. The van der Waals surface area contributed by atoms with Crippen LogP contribution in [0.25, 0.3) is 0 Å². The zero-order valence-electron chi connectivity index (χ0n) is 16.9. The van der Waals surface area contributed by atoms with Crippen LogP contribution in [0.1, 0.15) is 68.8 Å². The number of rotatable bonds is 9. The Bertz CT molecular complexity index is 753. The maximum Gasteiger partial charge on any atom is 0.326 e. The monoisotopic (exact) mass is 388 g/mol. The second-order valence-corrected chi connectivity index (χ2v) is 7.13. The number of Topliss-reactive ketones (excluding diaryl/α,β-unsaturated/α-hetero) is 1. The van der Waals surface area contributed by atoms with E-state index in [1.807, 2.05) is 12.1 Å². The van der Waals surface area contributed by atoms with Crippen LogP contribution in [-0.2, 0) is 14.3 Å². The standard InChI is InChI=1S/C21H28N2O5/c1-5-14(4)15-8-10-16(11-9-15)17(24)13-28-18(25)12-23-19(26)21(6-2,7-3)22-20(23)27/h8-11,14H,5-7,12-13H2,1-4H3,(H,22,27). The maximum absolute atomic E-state index is 12.5. The highest BCUT2D eigenvalue weighted by Gasteiger charge is 2.49. The number of hydrogen-bond acceptors (Lipinski definition) is 5. The molecule has 7 nitrogen and oxygen atoms in total. The summed E-state index contributed by atoms with van der Waals surface area (Å²) in [6, 6.07) is 6.60. The molecule has 1 N–H and O–H groups in total. The number of nitrogens with one attached hydrogen (secondary N) is 1. The van der Waals surface area contributed by atoms with Crippen LogP contribution in [-0.4, -0.2) is 47.3 Å². The Morgan fingerprint density at radius 1 is 1.11 bits per heavy atom. The number of carbonyl (C=O) groups is 4. The number of esters is 1. The molecule has 1 aromatic carbocycles. The van der Waals surface area contributed by atoms with E-state index in [1.165, 1.54) is 0 Å². The zero-order chi connectivity index (χ0) is 20.9. The maximum atomic E-state index is 12.5. The number of urea groups is 1. The van der Waals surface area contributed by atoms with Gasteiger partial charge in [-0.05, 0) is 30.7 Å². The second kappa shape index (κ2) is 8.99. The molecule has 1 fully saturated rings. The summed E-state index contributed by atoms with van der Waals surface area (Å²) in [4.78, 5) is 49.6. The highest BCUT2D eigenvalue weighted by atomic mass is 16.5. The average Bonchev–Trinajstić information content (AvgIpc) is 2.96. The minimum Gasteiger partial charge on any atom is -0.456 e. The molecule has 0 aliphatic carbocycles. The highest BCUT2D eigenvalue weighted by molar-refractivity contribution is 6.08. The lowest BCUT2D eigenvalue weighted by Gasteiger charge is -2.22. The molecule has 7 heteroatoms. The number of benzene rings is 1. The van der Waals surface area contributed by atoms with Crippen LogP contribution in [0.5, 0.6) is 0 Å². The van der Waals surface area contributed by atoms with Gasteiger partial charge in [0.2, 0.25) is 0 Å². The molecule has 1 unspecified atom stereocenters. The number of ketones is 1. The molecule has 0 radical (unpaired) electrons. The Kier molecular flexibility index (Phi) is 6.94. The Hall–Kier alpha value is -2.70. The largest absolute Gasteiger partial charge is 0.456 e. The summed E-state index contributed by atoms with van der Waals surface area (Å²) >= 11 is 0. The molecule has 1 heterocycles. The number of ether oxygens (including phenoxy) is 1. The Labute approximate surface area is 165 Å². The Morgan fingerprint density at radius 2 is 1.71 bits per heavy atom. The van der Waals surface area contributed by atoms with Gasteiger partial charge in [-0.1, -0.05) is 52.0 Å². The summed E-state index contributed by atoms with van der Waals surface area (Å²) in [5.74, 6) is -1.16. The van der Waals surface area contributed by atoms with Crippen molar-refractivity contribution in [2.24, 2.45) is 0 Å². The van der Waals surface area contributed by atoms with Crippen LogP contribution in [0.4, 0.5) is 4.79 Å². The number of amides is 3. The first kappa shape index (κ1) is 21.6. The van der Waals surface area contributed by atoms with Gasteiger partial charge >= 0.3 is 12.0 Å². The van der Waals surface area contributed by atoms with E-state index in [9.17, 15) is 19.2 Å². The van der Waals surface area contributed by atoms with Crippen LogP contribution in [0.3, 0.4) is 0 Å². The molecular formula is C21H28N2O5. The molecule has 0 bridgehead atoms. The molecule has 0 aromatic heterocycles. The molecule has 3 amide bonds. The molecule has 0 spiro atoms. The van der Waals surface area contributed by atoms with E-state index in [0.29, 0.717) is 24.3 Å². The molecule has 152 valence electrons. The van der Waals surface area contributed by atoms with Gasteiger partial charge in [0, 0.05) is 5.56 Å². The highest BCUT2D eigenvalue weighted by Crippen LogP contribution is 2.24. The van der Waals surface area contributed by atoms with Crippen molar-refractivity contribution in [1.29, 1.82) is 0 Å². The third-order valence-electron chi connectivity index (χ3n) is 5.52. The fourth-order valence-electron chi connectivity index (χ4n) is 3.19. The van der Waals surface area contributed by atoms with Crippen molar-refractivity contribution in [1.82, 2.24) is 10.2 Å². The molecule has 2 rings (SSSR count). The van der Waals surface area contributed by atoms with Crippen molar-refractivity contribution in [2.45, 2.75) is 58.4 Å². The summed E-state index contributed by atoms with van der Waals surface area (Å²) in [7, 11) is 0. The SMILES string of the molecule is CCC(C)c1ccc(C(=O)COC(=O)CN2C(=O)NC(CC)(CC)C2=O)cc1. The predicted octanol–water partition coefficient (Wildman–Crippen LogP) is 3.04. The molecule has 1 aliphatic heterocycles. The summed E-state index contributed by atoms with van der Waals surface area (Å²) in [5, 5.41) is 2.64. The number of nitrogens with zero attached hydrogens (tertiary/aromatic N) is 1. The van der Waals surface area contributed by atoms with E-state index >= 15 is 0 Å². The smallest absolute Gasteiger partial charge is 0.326 e. The third-order valence-corrected chi connectivity index (χ3v) is 5.52. The number of imide groups is 1. The summed E-state index contributed by atoms with van der Waals surface area (Å²) in [6.07, 6.45) is 1.88. The number of carbonyl (C=O) groups excluding carboxylic acids is 4. The molecule has 1 atom stereocenters. The van der Waals surface area contributed by atoms with Gasteiger partial charge in [0.05, 0.1) is 0 Å². The van der Waals surface area contributed by atoms with Gasteiger partial charge < -0.3 is 10.1 Å². The molecule has 1 aromatic rings. The summed E-state index contributed by atoms with van der Waals surface area (Å²) in [6.45, 7) is 6.87. The van der Waals surface area contributed by atoms with Crippen LogP contribution in [0, 0.1) is 0 Å². The van der Waals surface area contributed by atoms with E-state index in [-0.39, 0.29) is 5.78 Å². The molecule has 1 aliphatic rings. The quantitative estimate of drug-likeness (QED) is 0.399. The van der Waals surface area contributed by atoms with Crippen molar-refractivity contribution in [3.63, 3.8) is 0 Å². The predicted molar refractivity (Wildman–Crippen MR) is 104 cm³/mol. The van der Waals surface area contributed by atoms with Gasteiger partial charge in [0.15, 0.2) is 12.4 Å².